The molecular weight excluding hydrogens is 190 g/mol. The van der Waals surface area contributed by atoms with Crippen LogP contribution >= 0.6 is 22.9 Å². The Labute approximate surface area is 81.1 Å². The van der Waals surface area contributed by atoms with Crippen LogP contribution in [0.3, 0.4) is 0 Å². The van der Waals surface area contributed by atoms with E-state index in [1.807, 2.05) is 11.7 Å². The Balaban J connectivity index is 2.00. The molecule has 0 radical (unpaired) electrons. The molecule has 2 rings (SSSR count). The van der Waals surface area contributed by atoms with Gasteiger partial charge in [-0.3, -0.25) is 4.98 Å². The number of alkyl halides is 1. The fourth-order valence-corrected chi connectivity index (χ4v) is 2.38. The molecular formula is C9H10ClNS. The molecule has 3 heteroatoms. The maximum absolute atomic E-state index is 5.96. The molecule has 1 aromatic heterocycles. The van der Waals surface area contributed by atoms with Gasteiger partial charge in [0.2, 0.25) is 0 Å². The second kappa shape index (κ2) is 3.58. The van der Waals surface area contributed by atoms with E-state index in [1.54, 1.807) is 11.3 Å². The summed E-state index contributed by atoms with van der Waals surface area (Å²) < 4.78 is 0. The number of thiazole rings is 1. The lowest BCUT2D eigenvalue weighted by Gasteiger charge is -1.95. The first kappa shape index (κ1) is 8.27. The molecule has 1 aromatic rings. The summed E-state index contributed by atoms with van der Waals surface area (Å²) in [7, 11) is 0. The standard InChI is InChI=1S/C9H10ClNS/c10-8-2-1-7(3-8)4-9-5-11-6-12-9/h3,5-6,8H,1-2,4H2. The van der Waals surface area contributed by atoms with E-state index in [-0.39, 0.29) is 5.38 Å². The Bertz CT molecular complexity index is 279. The van der Waals surface area contributed by atoms with Gasteiger partial charge in [-0.2, -0.15) is 0 Å². The van der Waals surface area contributed by atoms with Gasteiger partial charge in [-0.05, 0) is 12.8 Å². The summed E-state index contributed by atoms with van der Waals surface area (Å²) in [6.07, 6.45) is 7.43. The Morgan fingerprint density at radius 3 is 3.17 bits per heavy atom. The van der Waals surface area contributed by atoms with Gasteiger partial charge < -0.3 is 0 Å². The van der Waals surface area contributed by atoms with Crippen LogP contribution in [0.25, 0.3) is 0 Å². The Hall–Kier alpha value is -0.340. The van der Waals surface area contributed by atoms with Gasteiger partial charge in [0.15, 0.2) is 0 Å². The molecule has 12 heavy (non-hydrogen) atoms. The second-order valence-electron chi connectivity index (χ2n) is 3.02. The summed E-state index contributed by atoms with van der Waals surface area (Å²) >= 11 is 7.67. The average molecular weight is 200 g/mol. The number of aromatic nitrogens is 1. The Morgan fingerprint density at radius 1 is 1.67 bits per heavy atom. The summed E-state index contributed by atoms with van der Waals surface area (Å²) in [6.45, 7) is 0. The van der Waals surface area contributed by atoms with Gasteiger partial charge in [0.25, 0.3) is 0 Å². The van der Waals surface area contributed by atoms with Crippen LogP contribution in [0.1, 0.15) is 17.7 Å². The van der Waals surface area contributed by atoms with Crippen molar-refractivity contribution in [3.8, 4) is 0 Å². The fraction of sp³-hybridized carbons (Fsp3) is 0.444. The van der Waals surface area contributed by atoms with E-state index in [0.717, 1.165) is 19.3 Å². The number of halogens is 1. The third-order valence-electron chi connectivity index (χ3n) is 2.04. The predicted octanol–water partition coefficient (Wildman–Crippen LogP) is 3.01. The normalized spacial score (nSPS) is 22.8. The van der Waals surface area contributed by atoms with Crippen molar-refractivity contribution in [2.24, 2.45) is 0 Å². The van der Waals surface area contributed by atoms with E-state index in [4.69, 9.17) is 11.6 Å². The first-order chi connectivity index (χ1) is 5.84. The third kappa shape index (κ3) is 1.87. The topological polar surface area (TPSA) is 12.9 Å². The minimum Gasteiger partial charge on any atom is -0.253 e. The highest BCUT2D eigenvalue weighted by Crippen LogP contribution is 2.26. The van der Waals surface area contributed by atoms with Crippen molar-refractivity contribution in [1.82, 2.24) is 4.98 Å². The Morgan fingerprint density at radius 2 is 2.58 bits per heavy atom. The summed E-state index contributed by atoms with van der Waals surface area (Å²) in [4.78, 5) is 5.38. The highest BCUT2D eigenvalue weighted by Gasteiger charge is 2.13. The molecule has 0 aromatic carbocycles. The molecule has 0 bridgehead atoms. The maximum Gasteiger partial charge on any atom is 0.0794 e. The van der Waals surface area contributed by atoms with Crippen LogP contribution in [0.5, 0.6) is 0 Å². The summed E-state index contributed by atoms with van der Waals surface area (Å²) in [5.74, 6) is 0. The molecule has 0 saturated heterocycles. The van der Waals surface area contributed by atoms with Crippen LogP contribution < -0.4 is 0 Å². The number of hydrogen-bond acceptors (Lipinski definition) is 2. The van der Waals surface area contributed by atoms with Crippen LogP contribution in [0.2, 0.25) is 0 Å². The lowest BCUT2D eigenvalue weighted by atomic mass is 10.1. The van der Waals surface area contributed by atoms with Crippen molar-refractivity contribution in [3.63, 3.8) is 0 Å². The fourth-order valence-electron chi connectivity index (χ4n) is 1.45. The quantitative estimate of drug-likeness (QED) is 0.527. The van der Waals surface area contributed by atoms with Crippen molar-refractivity contribution in [1.29, 1.82) is 0 Å². The molecule has 0 spiro atoms. The summed E-state index contributed by atoms with van der Waals surface area (Å²) in [5, 5.41) is 0.271. The maximum atomic E-state index is 5.96. The van der Waals surface area contributed by atoms with Crippen molar-refractivity contribution >= 4 is 22.9 Å². The molecule has 0 saturated carbocycles. The van der Waals surface area contributed by atoms with E-state index in [2.05, 4.69) is 11.1 Å². The average Bonchev–Trinajstić information content (AvgIpc) is 2.63. The molecule has 64 valence electrons. The minimum absolute atomic E-state index is 0.271. The summed E-state index contributed by atoms with van der Waals surface area (Å²) in [5.41, 5.74) is 3.35. The zero-order chi connectivity index (χ0) is 8.39. The summed E-state index contributed by atoms with van der Waals surface area (Å²) in [6, 6.07) is 0. The van der Waals surface area contributed by atoms with Crippen molar-refractivity contribution in [2.75, 3.05) is 0 Å². The minimum atomic E-state index is 0.271. The number of rotatable bonds is 2. The van der Waals surface area contributed by atoms with E-state index < -0.39 is 0 Å². The molecule has 0 amide bonds. The van der Waals surface area contributed by atoms with Crippen molar-refractivity contribution < 1.29 is 0 Å². The van der Waals surface area contributed by atoms with Crippen LogP contribution in [0, 0.1) is 0 Å². The molecule has 1 aliphatic carbocycles. The van der Waals surface area contributed by atoms with E-state index in [1.165, 1.54) is 10.5 Å². The van der Waals surface area contributed by atoms with Gasteiger partial charge in [0.05, 0.1) is 10.9 Å². The van der Waals surface area contributed by atoms with E-state index in [0.29, 0.717) is 0 Å². The Kier molecular flexibility index (Phi) is 2.47. The second-order valence-corrected chi connectivity index (χ2v) is 4.56. The van der Waals surface area contributed by atoms with E-state index in [9.17, 15) is 0 Å². The first-order valence-corrected chi connectivity index (χ1v) is 5.37. The van der Waals surface area contributed by atoms with E-state index >= 15 is 0 Å². The van der Waals surface area contributed by atoms with Crippen molar-refractivity contribution in [2.45, 2.75) is 24.6 Å². The molecule has 1 nitrogen and oxygen atoms in total. The van der Waals surface area contributed by atoms with Crippen LogP contribution in [0.4, 0.5) is 0 Å². The predicted molar refractivity (Wildman–Crippen MR) is 52.8 cm³/mol. The lowest BCUT2D eigenvalue weighted by molar-refractivity contribution is 0.894. The molecule has 0 aliphatic heterocycles. The zero-order valence-electron chi connectivity index (χ0n) is 6.66. The largest absolute Gasteiger partial charge is 0.253 e. The zero-order valence-corrected chi connectivity index (χ0v) is 8.24. The SMILES string of the molecule is ClC1C=C(Cc2cncs2)CC1. The van der Waals surface area contributed by atoms with Gasteiger partial charge in [0, 0.05) is 17.5 Å². The molecule has 0 N–H and O–H groups in total. The smallest absolute Gasteiger partial charge is 0.0794 e. The highest BCUT2D eigenvalue weighted by molar-refractivity contribution is 7.09. The molecule has 1 heterocycles. The first-order valence-electron chi connectivity index (χ1n) is 4.05. The van der Waals surface area contributed by atoms with Crippen LogP contribution in [-0.4, -0.2) is 10.4 Å². The molecule has 0 fully saturated rings. The molecule has 1 atom stereocenters. The van der Waals surface area contributed by atoms with Crippen LogP contribution in [-0.2, 0) is 6.42 Å². The van der Waals surface area contributed by atoms with Gasteiger partial charge >= 0.3 is 0 Å². The van der Waals surface area contributed by atoms with Crippen molar-refractivity contribution in [3.05, 3.63) is 28.2 Å². The van der Waals surface area contributed by atoms with Gasteiger partial charge in [-0.1, -0.05) is 11.6 Å². The third-order valence-corrected chi connectivity index (χ3v) is 3.17. The lowest BCUT2D eigenvalue weighted by Crippen LogP contribution is -1.82. The van der Waals surface area contributed by atoms with Gasteiger partial charge in [-0.25, -0.2) is 0 Å². The number of nitrogens with zero attached hydrogens (tertiary/aromatic N) is 1. The number of hydrogen-bond donors (Lipinski definition) is 0. The van der Waals surface area contributed by atoms with Gasteiger partial charge in [0.1, 0.15) is 0 Å². The highest BCUT2D eigenvalue weighted by atomic mass is 35.5. The number of allylic oxidation sites excluding steroid dienone is 2. The van der Waals surface area contributed by atoms with Crippen LogP contribution in [0.15, 0.2) is 23.4 Å². The van der Waals surface area contributed by atoms with Gasteiger partial charge in [-0.15, -0.1) is 22.9 Å². The molecule has 1 aliphatic rings. The molecule has 1 unspecified atom stereocenters. The monoisotopic (exact) mass is 199 g/mol.